The molecule has 4 fully saturated rings. The average Bonchev–Trinajstić information content (AvgIpc) is 3.19. The van der Waals surface area contributed by atoms with E-state index in [1.165, 1.54) is 17.1 Å². The van der Waals surface area contributed by atoms with Crippen molar-refractivity contribution in [1.29, 1.82) is 0 Å². The summed E-state index contributed by atoms with van der Waals surface area (Å²) in [5.41, 5.74) is -2.91. The molecule has 8 nitrogen and oxygen atoms in total. The molecule has 184 valence electrons. The number of hydrogen-bond acceptors (Lipinski definition) is 5. The van der Waals surface area contributed by atoms with Crippen molar-refractivity contribution in [3.05, 3.63) is 53.2 Å². The number of amides is 1. The standard InChI is InChI=1S/C24H24F3N5O3/c25-24(26,27)22-11-21(12-22,13-22)20(34)30-8-6-23(35,7-9-30)14-31-15-28-18-17(19(31)33)10-29-32(18)16-4-2-1-3-5-16/h1-5,10,15,35H,6-9,11-14H2. The topological polar surface area (TPSA) is 93.2 Å². The second kappa shape index (κ2) is 7.16. The summed E-state index contributed by atoms with van der Waals surface area (Å²) in [6.07, 6.45) is -1.32. The largest absolute Gasteiger partial charge is 0.394 e. The van der Waals surface area contributed by atoms with E-state index >= 15 is 0 Å². The highest BCUT2D eigenvalue weighted by atomic mass is 19.4. The van der Waals surface area contributed by atoms with Crippen molar-refractivity contribution in [3.8, 4) is 5.69 Å². The molecule has 3 aromatic rings. The first-order chi connectivity index (χ1) is 16.5. The van der Waals surface area contributed by atoms with Crippen molar-refractivity contribution < 1.29 is 23.1 Å². The predicted molar refractivity (Wildman–Crippen MR) is 119 cm³/mol. The van der Waals surface area contributed by atoms with E-state index in [1.807, 2.05) is 30.3 Å². The monoisotopic (exact) mass is 487 g/mol. The number of para-hydroxylation sites is 1. The Hall–Kier alpha value is -3.21. The normalized spacial score (nSPS) is 27.4. The first-order valence-corrected chi connectivity index (χ1v) is 11.6. The van der Waals surface area contributed by atoms with Gasteiger partial charge in [-0.2, -0.15) is 18.3 Å². The van der Waals surface area contributed by atoms with Crippen LogP contribution >= 0.6 is 0 Å². The molecule has 3 heterocycles. The van der Waals surface area contributed by atoms with Crippen LogP contribution < -0.4 is 5.56 Å². The lowest BCUT2D eigenvalue weighted by molar-refractivity contribution is -0.353. The van der Waals surface area contributed by atoms with Crippen molar-refractivity contribution in [1.82, 2.24) is 24.2 Å². The van der Waals surface area contributed by atoms with Crippen molar-refractivity contribution >= 4 is 16.9 Å². The number of piperidine rings is 1. The number of likely N-dealkylation sites (tertiary alicyclic amines) is 1. The summed E-state index contributed by atoms with van der Waals surface area (Å²) in [5, 5.41) is 15.8. The summed E-state index contributed by atoms with van der Waals surface area (Å²) in [6.45, 7) is 0.495. The Bertz CT molecular complexity index is 1350. The number of nitrogens with zero attached hydrogens (tertiary/aromatic N) is 5. The van der Waals surface area contributed by atoms with Crippen molar-refractivity contribution in [2.45, 2.75) is 50.4 Å². The van der Waals surface area contributed by atoms with Gasteiger partial charge in [-0.25, -0.2) is 9.67 Å². The first kappa shape index (κ1) is 22.3. The number of hydrogen-bond donors (Lipinski definition) is 1. The van der Waals surface area contributed by atoms with Gasteiger partial charge in [0.25, 0.3) is 5.56 Å². The summed E-state index contributed by atoms with van der Waals surface area (Å²) >= 11 is 0. The van der Waals surface area contributed by atoms with Gasteiger partial charge in [0.1, 0.15) is 11.7 Å². The molecule has 0 radical (unpaired) electrons. The van der Waals surface area contributed by atoms with Crippen molar-refractivity contribution in [2.75, 3.05) is 13.1 Å². The zero-order valence-electron chi connectivity index (χ0n) is 18.8. The second-order valence-corrected chi connectivity index (χ2v) is 10.4. The summed E-state index contributed by atoms with van der Waals surface area (Å²) in [7, 11) is 0. The first-order valence-electron chi connectivity index (χ1n) is 11.6. The molecule has 1 amide bonds. The van der Waals surface area contributed by atoms with Crippen molar-refractivity contribution in [2.24, 2.45) is 10.8 Å². The van der Waals surface area contributed by atoms with E-state index in [-0.39, 0.29) is 63.2 Å². The number of aromatic nitrogens is 4. The highest BCUT2D eigenvalue weighted by Gasteiger charge is 2.81. The molecule has 0 spiro atoms. The van der Waals surface area contributed by atoms with Gasteiger partial charge in [0.2, 0.25) is 5.91 Å². The molecule has 2 bridgehead atoms. The molecule has 0 atom stereocenters. The zero-order chi connectivity index (χ0) is 24.6. The molecule has 0 unspecified atom stereocenters. The Morgan fingerprint density at radius 2 is 1.74 bits per heavy atom. The third kappa shape index (κ3) is 3.24. The molecule has 35 heavy (non-hydrogen) atoms. The van der Waals surface area contributed by atoms with Crippen LogP contribution in [0.4, 0.5) is 13.2 Å². The molecule has 3 saturated carbocycles. The van der Waals surface area contributed by atoms with E-state index in [0.29, 0.717) is 11.0 Å². The Morgan fingerprint density at radius 1 is 1.09 bits per heavy atom. The zero-order valence-corrected chi connectivity index (χ0v) is 18.8. The number of rotatable bonds is 4. The van der Waals surface area contributed by atoms with Gasteiger partial charge in [0.05, 0.1) is 34.9 Å². The van der Waals surface area contributed by atoms with Gasteiger partial charge in [0, 0.05) is 13.1 Å². The van der Waals surface area contributed by atoms with E-state index < -0.39 is 22.6 Å². The quantitative estimate of drug-likeness (QED) is 0.611. The van der Waals surface area contributed by atoms with E-state index in [0.717, 1.165) is 5.69 Å². The lowest BCUT2D eigenvalue weighted by atomic mass is 9.34. The fraction of sp³-hybridized carbons (Fsp3) is 0.500. The number of carbonyl (C=O) groups is 1. The van der Waals surface area contributed by atoms with Crippen LogP contribution in [0.25, 0.3) is 16.7 Å². The van der Waals surface area contributed by atoms with Crippen LogP contribution in [0.2, 0.25) is 0 Å². The smallest absolute Gasteiger partial charge is 0.388 e. The van der Waals surface area contributed by atoms with Crippen LogP contribution in [0, 0.1) is 10.8 Å². The van der Waals surface area contributed by atoms with Gasteiger partial charge < -0.3 is 10.0 Å². The van der Waals surface area contributed by atoms with Crippen molar-refractivity contribution in [3.63, 3.8) is 0 Å². The van der Waals surface area contributed by atoms with Crippen LogP contribution in [-0.2, 0) is 11.3 Å². The molecule has 11 heteroatoms. The summed E-state index contributed by atoms with van der Waals surface area (Å²) in [5.74, 6) is -0.237. The van der Waals surface area contributed by atoms with Gasteiger partial charge in [-0.05, 0) is 44.2 Å². The Balaban J connectivity index is 1.13. The third-order valence-corrected chi connectivity index (χ3v) is 8.09. The lowest BCUT2D eigenvalue weighted by Gasteiger charge is -2.69. The SMILES string of the molecule is O=C(N1CCC(O)(Cn2cnc3c(cnn3-c3ccccc3)c2=O)CC1)C12CC(C(F)(F)F)(C1)C2. The molecule has 1 N–H and O–H groups in total. The minimum absolute atomic E-state index is 0.00957. The van der Waals surface area contributed by atoms with E-state index in [4.69, 9.17) is 0 Å². The van der Waals surface area contributed by atoms with E-state index in [1.54, 1.807) is 9.58 Å². The number of fused-ring (bicyclic) bond motifs is 1. The van der Waals surface area contributed by atoms with Crippen LogP contribution in [0.5, 0.6) is 0 Å². The molecule has 3 aliphatic carbocycles. The van der Waals surface area contributed by atoms with Gasteiger partial charge in [-0.15, -0.1) is 0 Å². The van der Waals surface area contributed by atoms with Crippen LogP contribution in [0.15, 0.2) is 47.7 Å². The van der Waals surface area contributed by atoms with Gasteiger partial charge >= 0.3 is 6.18 Å². The molecule has 1 aromatic carbocycles. The summed E-state index contributed by atoms with van der Waals surface area (Å²) < 4.78 is 42.3. The number of benzene rings is 1. The Labute approximate surface area is 198 Å². The summed E-state index contributed by atoms with van der Waals surface area (Å²) in [6, 6.07) is 9.31. The molecule has 1 aliphatic heterocycles. The van der Waals surface area contributed by atoms with Gasteiger partial charge in [-0.1, -0.05) is 18.2 Å². The molecule has 1 saturated heterocycles. The minimum Gasteiger partial charge on any atom is -0.388 e. The maximum absolute atomic E-state index is 13.1. The minimum atomic E-state index is -4.25. The third-order valence-electron chi connectivity index (χ3n) is 8.09. The van der Waals surface area contributed by atoms with Gasteiger partial charge in [0.15, 0.2) is 5.65 Å². The second-order valence-electron chi connectivity index (χ2n) is 10.4. The van der Waals surface area contributed by atoms with Crippen LogP contribution in [-0.4, -0.2) is 60.1 Å². The molecular weight excluding hydrogens is 463 g/mol. The van der Waals surface area contributed by atoms with Crippen LogP contribution in [0.1, 0.15) is 32.1 Å². The fourth-order valence-electron chi connectivity index (χ4n) is 6.07. The molecular formula is C24H24F3N5O3. The predicted octanol–water partition coefficient (Wildman–Crippen LogP) is 2.67. The maximum atomic E-state index is 13.1. The summed E-state index contributed by atoms with van der Waals surface area (Å²) in [4.78, 5) is 31.9. The Morgan fingerprint density at radius 3 is 2.37 bits per heavy atom. The Kier molecular flexibility index (Phi) is 4.55. The number of halogens is 3. The number of alkyl halides is 3. The lowest BCUT2D eigenvalue weighted by Crippen LogP contribution is -2.73. The van der Waals surface area contributed by atoms with Gasteiger partial charge in [-0.3, -0.25) is 14.2 Å². The maximum Gasteiger partial charge on any atom is 0.394 e. The molecule has 2 aromatic heterocycles. The fourth-order valence-corrected chi connectivity index (χ4v) is 6.07. The van der Waals surface area contributed by atoms with E-state index in [9.17, 15) is 27.9 Å². The number of carbonyl (C=O) groups excluding carboxylic acids is 1. The highest BCUT2D eigenvalue weighted by Crippen LogP contribution is 2.78. The van der Waals surface area contributed by atoms with Crippen LogP contribution in [0.3, 0.4) is 0 Å². The highest BCUT2D eigenvalue weighted by molar-refractivity contribution is 5.86. The van der Waals surface area contributed by atoms with E-state index in [2.05, 4.69) is 10.1 Å². The average molecular weight is 487 g/mol. The molecule has 4 aliphatic rings. The number of aliphatic hydroxyl groups is 1. The molecule has 7 rings (SSSR count).